The van der Waals surface area contributed by atoms with Crippen molar-refractivity contribution in [2.24, 2.45) is 0 Å². The summed E-state index contributed by atoms with van der Waals surface area (Å²) in [6.07, 6.45) is 1.12. The van der Waals surface area contributed by atoms with Crippen LogP contribution in [0.3, 0.4) is 0 Å². The highest BCUT2D eigenvalue weighted by atomic mass is 16.5. The topological polar surface area (TPSA) is 56.6 Å². The predicted octanol–water partition coefficient (Wildman–Crippen LogP) is 1.38. The molecule has 1 amide bonds. The number of likely N-dealkylation sites (tertiary alicyclic amines) is 1. The third-order valence-electron chi connectivity index (χ3n) is 4.54. The number of carbonyl (C=O) groups excluding carboxylic acids is 1. The Morgan fingerprint density at radius 3 is 3.09 bits per heavy atom. The van der Waals surface area contributed by atoms with Gasteiger partial charge in [0.25, 0.3) is 0 Å². The van der Waals surface area contributed by atoms with Gasteiger partial charge < -0.3 is 9.64 Å². The van der Waals surface area contributed by atoms with E-state index in [2.05, 4.69) is 11.0 Å². The molecule has 0 N–H and O–H groups in total. The molecule has 2 aliphatic rings. The van der Waals surface area contributed by atoms with Crippen molar-refractivity contribution >= 4 is 5.91 Å². The average molecular weight is 299 g/mol. The number of benzene rings is 1. The minimum atomic E-state index is 0.131. The lowest BCUT2D eigenvalue weighted by molar-refractivity contribution is -0.150. The second-order valence-electron chi connectivity index (χ2n) is 6.02. The molecule has 0 saturated carbocycles. The first-order chi connectivity index (χ1) is 10.7. The number of fused-ring (bicyclic) bond motifs is 1. The van der Waals surface area contributed by atoms with E-state index in [1.165, 1.54) is 0 Å². The zero-order valence-corrected chi connectivity index (χ0v) is 12.9. The average Bonchev–Trinajstić information content (AvgIpc) is 2.54. The Bertz CT molecular complexity index is 596. The van der Waals surface area contributed by atoms with Gasteiger partial charge in [-0.1, -0.05) is 12.1 Å². The van der Waals surface area contributed by atoms with Crippen LogP contribution in [-0.4, -0.2) is 54.1 Å². The van der Waals surface area contributed by atoms with Gasteiger partial charge in [0.15, 0.2) is 0 Å². The van der Waals surface area contributed by atoms with E-state index in [0.717, 1.165) is 31.6 Å². The summed E-state index contributed by atoms with van der Waals surface area (Å²) < 4.78 is 5.83. The number of amides is 1. The molecule has 1 aromatic rings. The Morgan fingerprint density at radius 1 is 1.45 bits per heavy atom. The van der Waals surface area contributed by atoms with Gasteiger partial charge in [0.1, 0.15) is 0 Å². The van der Waals surface area contributed by atoms with E-state index in [1.54, 1.807) is 6.92 Å². The van der Waals surface area contributed by atoms with Gasteiger partial charge in [-0.2, -0.15) is 5.26 Å². The van der Waals surface area contributed by atoms with E-state index in [4.69, 9.17) is 10.00 Å². The molecule has 2 fully saturated rings. The van der Waals surface area contributed by atoms with Crippen molar-refractivity contribution < 1.29 is 9.53 Å². The summed E-state index contributed by atoms with van der Waals surface area (Å²) in [7, 11) is 0. The van der Waals surface area contributed by atoms with Crippen LogP contribution in [0.1, 0.15) is 24.5 Å². The molecule has 5 nitrogen and oxygen atoms in total. The van der Waals surface area contributed by atoms with Gasteiger partial charge in [-0.15, -0.1) is 0 Å². The smallest absolute Gasteiger partial charge is 0.219 e. The maximum Gasteiger partial charge on any atom is 0.219 e. The quantitative estimate of drug-likeness (QED) is 0.828. The first kappa shape index (κ1) is 15.0. The second kappa shape index (κ2) is 6.47. The van der Waals surface area contributed by atoms with Gasteiger partial charge >= 0.3 is 0 Å². The molecule has 3 rings (SSSR count). The Hall–Kier alpha value is -1.90. The summed E-state index contributed by atoms with van der Waals surface area (Å²) >= 11 is 0. The third-order valence-corrected chi connectivity index (χ3v) is 4.54. The number of carbonyl (C=O) groups is 1. The molecule has 2 atom stereocenters. The van der Waals surface area contributed by atoms with Crippen LogP contribution in [0.15, 0.2) is 24.3 Å². The Balaban J connectivity index is 1.69. The summed E-state index contributed by atoms with van der Waals surface area (Å²) in [6.45, 7) is 5.58. The van der Waals surface area contributed by atoms with Crippen molar-refractivity contribution in [2.75, 3.05) is 26.2 Å². The van der Waals surface area contributed by atoms with Crippen LogP contribution in [0.2, 0.25) is 0 Å². The number of nitriles is 1. The molecular weight excluding hydrogens is 278 g/mol. The van der Waals surface area contributed by atoms with Crippen molar-refractivity contribution in [3.05, 3.63) is 35.4 Å². The highest BCUT2D eigenvalue weighted by Crippen LogP contribution is 2.24. The van der Waals surface area contributed by atoms with Crippen LogP contribution in [0.4, 0.5) is 0 Å². The number of piperidine rings is 1. The monoisotopic (exact) mass is 299 g/mol. The van der Waals surface area contributed by atoms with E-state index >= 15 is 0 Å². The van der Waals surface area contributed by atoms with Crippen molar-refractivity contribution in [3.63, 3.8) is 0 Å². The largest absolute Gasteiger partial charge is 0.374 e. The van der Waals surface area contributed by atoms with Crippen LogP contribution in [0, 0.1) is 11.3 Å². The van der Waals surface area contributed by atoms with Crippen LogP contribution < -0.4 is 0 Å². The van der Waals surface area contributed by atoms with Crippen molar-refractivity contribution in [1.82, 2.24) is 9.80 Å². The second-order valence-corrected chi connectivity index (χ2v) is 6.02. The van der Waals surface area contributed by atoms with E-state index < -0.39 is 0 Å². The number of rotatable bonds is 2. The highest BCUT2D eigenvalue weighted by molar-refractivity contribution is 5.73. The molecule has 0 bridgehead atoms. The standard InChI is InChI=1S/C17H21N3O2/c1-13(21)20-7-8-22-17-5-6-19(12-16(17)20)11-15-4-2-3-14(9-15)10-18/h2-4,9,16-17H,5-8,11-12H2,1H3/t16-,17-/m1/s1. The number of nitrogens with zero attached hydrogens (tertiary/aromatic N) is 3. The summed E-state index contributed by atoms with van der Waals surface area (Å²) in [5.74, 6) is 0.131. The predicted molar refractivity (Wildman–Crippen MR) is 82.0 cm³/mol. The molecule has 5 heteroatoms. The lowest BCUT2D eigenvalue weighted by Gasteiger charge is -2.46. The molecule has 0 unspecified atom stereocenters. The fraction of sp³-hybridized carbons (Fsp3) is 0.529. The van der Waals surface area contributed by atoms with Gasteiger partial charge in [-0.3, -0.25) is 9.69 Å². The Morgan fingerprint density at radius 2 is 2.32 bits per heavy atom. The minimum absolute atomic E-state index is 0.131. The molecule has 0 aromatic heterocycles. The zero-order valence-electron chi connectivity index (χ0n) is 12.9. The first-order valence-corrected chi connectivity index (χ1v) is 7.77. The zero-order chi connectivity index (χ0) is 15.5. The summed E-state index contributed by atoms with van der Waals surface area (Å²) in [5.41, 5.74) is 1.84. The number of hydrogen-bond donors (Lipinski definition) is 0. The van der Waals surface area contributed by atoms with Gasteiger partial charge in [0.2, 0.25) is 5.91 Å². The summed E-state index contributed by atoms with van der Waals surface area (Å²) in [4.78, 5) is 16.1. The third kappa shape index (κ3) is 3.13. The summed E-state index contributed by atoms with van der Waals surface area (Å²) in [6, 6.07) is 10.1. The Kier molecular flexibility index (Phi) is 4.41. The van der Waals surface area contributed by atoms with Crippen LogP contribution in [0.25, 0.3) is 0 Å². The maximum atomic E-state index is 11.8. The van der Waals surface area contributed by atoms with Crippen LogP contribution >= 0.6 is 0 Å². The number of ether oxygens (including phenoxy) is 1. The van der Waals surface area contributed by atoms with Gasteiger partial charge in [0.05, 0.1) is 30.4 Å². The number of hydrogen-bond acceptors (Lipinski definition) is 4. The van der Waals surface area contributed by atoms with Crippen LogP contribution in [0.5, 0.6) is 0 Å². The molecule has 0 aliphatic carbocycles. The first-order valence-electron chi connectivity index (χ1n) is 7.77. The molecule has 116 valence electrons. The lowest BCUT2D eigenvalue weighted by atomic mass is 9.98. The van der Waals surface area contributed by atoms with Crippen LogP contribution in [-0.2, 0) is 16.1 Å². The molecule has 2 saturated heterocycles. The molecule has 2 heterocycles. The van der Waals surface area contributed by atoms with Gasteiger partial charge in [-0.25, -0.2) is 0 Å². The fourth-order valence-electron chi connectivity index (χ4n) is 3.47. The Labute approximate surface area is 131 Å². The molecule has 0 radical (unpaired) electrons. The van der Waals surface area contributed by atoms with Crippen molar-refractivity contribution in [3.8, 4) is 6.07 Å². The van der Waals surface area contributed by atoms with Gasteiger partial charge in [0, 0.05) is 33.1 Å². The normalized spacial score (nSPS) is 25.4. The minimum Gasteiger partial charge on any atom is -0.374 e. The molecule has 2 aliphatic heterocycles. The molecule has 22 heavy (non-hydrogen) atoms. The number of morpholine rings is 1. The van der Waals surface area contributed by atoms with Crippen molar-refractivity contribution in [1.29, 1.82) is 5.26 Å². The maximum absolute atomic E-state index is 11.8. The molecule has 1 aromatic carbocycles. The highest BCUT2D eigenvalue weighted by Gasteiger charge is 2.38. The van der Waals surface area contributed by atoms with Crippen molar-refractivity contribution in [2.45, 2.75) is 32.0 Å². The lowest BCUT2D eigenvalue weighted by Crippen LogP contribution is -2.60. The van der Waals surface area contributed by atoms with E-state index in [1.807, 2.05) is 29.2 Å². The SMILES string of the molecule is CC(=O)N1CCO[C@@H]2CCN(Cc3cccc(C#N)c3)C[C@H]21. The van der Waals surface area contributed by atoms with Gasteiger partial charge in [-0.05, 0) is 24.1 Å². The molecular formula is C17H21N3O2. The van der Waals surface area contributed by atoms with E-state index in [9.17, 15) is 4.79 Å². The fourth-order valence-corrected chi connectivity index (χ4v) is 3.47. The van der Waals surface area contributed by atoms with E-state index in [-0.39, 0.29) is 18.1 Å². The molecule has 0 spiro atoms. The van der Waals surface area contributed by atoms with E-state index in [0.29, 0.717) is 18.7 Å². The summed E-state index contributed by atoms with van der Waals surface area (Å²) in [5, 5.41) is 8.99.